The molecule has 21 heavy (non-hydrogen) atoms. The minimum atomic E-state index is 0.491. The summed E-state index contributed by atoms with van der Waals surface area (Å²) in [6, 6.07) is 1.15. The molecular weight excluding hydrogens is 262 g/mol. The third-order valence-electron chi connectivity index (χ3n) is 4.04. The molecule has 0 bridgehead atoms. The standard InChI is InChI=1S/C16H31N5/c1-6-13(3)19-12-21(5)16(18-7-2)20-15-10-8-14(17-4)9-11-15/h7,14-15,17,19H,2-3,6,8-12H2,1,4-5H3,(H,18,20). The quantitative estimate of drug-likeness (QED) is 0.382. The van der Waals surface area contributed by atoms with E-state index in [4.69, 9.17) is 0 Å². The van der Waals surface area contributed by atoms with Crippen LogP contribution in [0.25, 0.3) is 0 Å². The third kappa shape index (κ3) is 6.21. The predicted molar refractivity (Wildman–Crippen MR) is 91.1 cm³/mol. The SMILES string of the molecule is C=C/N=C(/NC1CCC(NC)CC1)N(C)CNC(=C)CC. The molecule has 0 spiro atoms. The van der Waals surface area contributed by atoms with E-state index < -0.39 is 0 Å². The summed E-state index contributed by atoms with van der Waals surface area (Å²) in [7, 11) is 4.06. The Kier molecular flexibility index (Phi) is 7.90. The van der Waals surface area contributed by atoms with E-state index in [-0.39, 0.29) is 0 Å². The zero-order valence-corrected chi connectivity index (χ0v) is 13.8. The van der Waals surface area contributed by atoms with Crippen molar-refractivity contribution in [2.45, 2.75) is 51.1 Å². The van der Waals surface area contributed by atoms with E-state index in [0.717, 1.165) is 18.1 Å². The van der Waals surface area contributed by atoms with Crippen molar-refractivity contribution >= 4 is 5.96 Å². The Hall–Kier alpha value is -1.49. The van der Waals surface area contributed by atoms with Crippen molar-refractivity contribution in [3.8, 4) is 0 Å². The number of guanidine groups is 1. The van der Waals surface area contributed by atoms with Crippen LogP contribution in [0.4, 0.5) is 0 Å². The molecule has 1 rings (SSSR count). The second-order valence-electron chi connectivity index (χ2n) is 5.61. The van der Waals surface area contributed by atoms with Gasteiger partial charge in [0.2, 0.25) is 0 Å². The number of rotatable bonds is 7. The van der Waals surface area contributed by atoms with Crippen molar-refractivity contribution in [2.24, 2.45) is 4.99 Å². The highest BCUT2D eigenvalue weighted by Gasteiger charge is 2.21. The average molecular weight is 293 g/mol. The minimum Gasteiger partial charge on any atom is -0.371 e. The maximum atomic E-state index is 4.37. The van der Waals surface area contributed by atoms with Crippen molar-refractivity contribution in [3.63, 3.8) is 0 Å². The Bertz CT molecular complexity index is 356. The maximum Gasteiger partial charge on any atom is 0.199 e. The third-order valence-corrected chi connectivity index (χ3v) is 4.04. The van der Waals surface area contributed by atoms with Crippen molar-refractivity contribution in [2.75, 3.05) is 20.8 Å². The molecule has 0 amide bonds. The van der Waals surface area contributed by atoms with Crippen LogP contribution in [-0.2, 0) is 0 Å². The molecule has 0 saturated heterocycles. The van der Waals surface area contributed by atoms with Gasteiger partial charge in [0, 0.05) is 31.0 Å². The van der Waals surface area contributed by atoms with Gasteiger partial charge in [0.15, 0.2) is 5.96 Å². The lowest BCUT2D eigenvalue weighted by molar-refractivity contribution is 0.331. The molecule has 1 aliphatic carbocycles. The van der Waals surface area contributed by atoms with Crippen molar-refractivity contribution in [3.05, 3.63) is 25.1 Å². The van der Waals surface area contributed by atoms with Gasteiger partial charge in [-0.1, -0.05) is 20.1 Å². The van der Waals surface area contributed by atoms with E-state index in [1.54, 1.807) is 6.20 Å². The van der Waals surface area contributed by atoms with E-state index in [1.165, 1.54) is 25.7 Å². The average Bonchev–Trinajstić information content (AvgIpc) is 2.52. The molecule has 0 aromatic rings. The molecule has 0 aromatic heterocycles. The number of nitrogens with one attached hydrogen (secondary N) is 3. The first-order chi connectivity index (χ1) is 10.1. The van der Waals surface area contributed by atoms with Crippen molar-refractivity contribution < 1.29 is 0 Å². The highest BCUT2D eigenvalue weighted by atomic mass is 15.3. The van der Waals surface area contributed by atoms with Crippen LogP contribution in [0.3, 0.4) is 0 Å². The predicted octanol–water partition coefficient (Wildman–Crippen LogP) is 2.01. The Labute approximate surface area is 129 Å². The normalized spacial score (nSPS) is 22.5. The summed E-state index contributed by atoms with van der Waals surface area (Å²) in [6.07, 6.45) is 7.29. The van der Waals surface area contributed by atoms with Crippen LogP contribution >= 0.6 is 0 Å². The van der Waals surface area contributed by atoms with Gasteiger partial charge in [-0.15, -0.1) is 0 Å². The monoisotopic (exact) mass is 293 g/mol. The fourth-order valence-corrected chi connectivity index (χ4v) is 2.47. The van der Waals surface area contributed by atoms with E-state index in [2.05, 4.69) is 45.9 Å². The summed E-state index contributed by atoms with van der Waals surface area (Å²) >= 11 is 0. The molecule has 0 aromatic carbocycles. The largest absolute Gasteiger partial charge is 0.371 e. The fourth-order valence-electron chi connectivity index (χ4n) is 2.47. The van der Waals surface area contributed by atoms with Crippen molar-refractivity contribution in [1.29, 1.82) is 0 Å². The van der Waals surface area contributed by atoms with E-state index in [9.17, 15) is 0 Å². The molecular formula is C16H31N5. The smallest absolute Gasteiger partial charge is 0.199 e. The van der Waals surface area contributed by atoms with Crippen LogP contribution < -0.4 is 16.0 Å². The Balaban J connectivity index is 2.48. The maximum absolute atomic E-state index is 4.37. The molecule has 0 atom stereocenters. The molecule has 0 heterocycles. The molecule has 120 valence electrons. The number of hydrogen-bond acceptors (Lipinski definition) is 3. The van der Waals surface area contributed by atoms with Gasteiger partial charge >= 0.3 is 0 Å². The van der Waals surface area contributed by atoms with Gasteiger partial charge in [0.1, 0.15) is 0 Å². The molecule has 3 N–H and O–H groups in total. The van der Waals surface area contributed by atoms with Gasteiger partial charge in [-0.05, 0) is 39.2 Å². The summed E-state index contributed by atoms with van der Waals surface area (Å²) in [6.45, 7) is 10.5. The Morgan fingerprint density at radius 1 is 1.29 bits per heavy atom. The summed E-state index contributed by atoms with van der Waals surface area (Å²) < 4.78 is 0. The highest BCUT2D eigenvalue weighted by molar-refractivity contribution is 5.80. The summed E-state index contributed by atoms with van der Waals surface area (Å²) in [5.74, 6) is 0.870. The number of allylic oxidation sites excluding steroid dienone is 1. The van der Waals surface area contributed by atoms with Crippen molar-refractivity contribution in [1.82, 2.24) is 20.9 Å². The lowest BCUT2D eigenvalue weighted by atomic mass is 9.91. The molecule has 1 fully saturated rings. The summed E-state index contributed by atoms with van der Waals surface area (Å²) in [5, 5.41) is 10.2. The summed E-state index contributed by atoms with van der Waals surface area (Å²) in [5.41, 5.74) is 1.04. The number of aliphatic imine (C=N–C) groups is 1. The highest BCUT2D eigenvalue weighted by Crippen LogP contribution is 2.18. The zero-order chi connectivity index (χ0) is 15.7. The molecule has 1 aliphatic rings. The van der Waals surface area contributed by atoms with Gasteiger partial charge in [-0.2, -0.15) is 0 Å². The first kappa shape index (κ1) is 17.6. The summed E-state index contributed by atoms with van der Waals surface area (Å²) in [4.78, 5) is 6.43. The first-order valence-corrected chi connectivity index (χ1v) is 7.86. The second-order valence-corrected chi connectivity index (χ2v) is 5.61. The fraction of sp³-hybridized carbons (Fsp3) is 0.688. The van der Waals surface area contributed by atoms with Crippen LogP contribution in [0.1, 0.15) is 39.0 Å². The first-order valence-electron chi connectivity index (χ1n) is 7.86. The molecule has 0 unspecified atom stereocenters. The molecule has 1 saturated carbocycles. The Morgan fingerprint density at radius 3 is 2.43 bits per heavy atom. The number of hydrogen-bond donors (Lipinski definition) is 3. The van der Waals surface area contributed by atoms with Crippen LogP contribution in [0, 0.1) is 0 Å². The van der Waals surface area contributed by atoms with Gasteiger partial charge in [-0.3, -0.25) is 0 Å². The molecule has 5 heteroatoms. The molecule has 5 nitrogen and oxygen atoms in total. The molecule has 0 radical (unpaired) electrons. The minimum absolute atomic E-state index is 0.491. The van der Waals surface area contributed by atoms with E-state index >= 15 is 0 Å². The zero-order valence-electron chi connectivity index (χ0n) is 13.8. The lowest BCUT2D eigenvalue weighted by Gasteiger charge is -2.32. The Morgan fingerprint density at radius 2 is 1.90 bits per heavy atom. The molecule has 0 aliphatic heterocycles. The van der Waals surface area contributed by atoms with Crippen LogP contribution in [0.5, 0.6) is 0 Å². The van der Waals surface area contributed by atoms with Crippen LogP contribution in [0.2, 0.25) is 0 Å². The van der Waals surface area contributed by atoms with Crippen LogP contribution in [-0.4, -0.2) is 43.7 Å². The van der Waals surface area contributed by atoms with Gasteiger partial charge in [0.25, 0.3) is 0 Å². The van der Waals surface area contributed by atoms with E-state index in [1.807, 2.05) is 14.1 Å². The lowest BCUT2D eigenvalue weighted by Crippen LogP contribution is -2.49. The van der Waals surface area contributed by atoms with Gasteiger partial charge in [-0.25, -0.2) is 4.99 Å². The van der Waals surface area contributed by atoms with E-state index in [0.29, 0.717) is 18.8 Å². The van der Waals surface area contributed by atoms with Gasteiger partial charge < -0.3 is 20.9 Å². The number of nitrogens with zero attached hydrogens (tertiary/aromatic N) is 2. The van der Waals surface area contributed by atoms with Crippen LogP contribution in [0.15, 0.2) is 30.0 Å². The topological polar surface area (TPSA) is 51.7 Å². The second kappa shape index (κ2) is 9.45. The van der Waals surface area contributed by atoms with Gasteiger partial charge in [0.05, 0.1) is 6.67 Å².